The molecule has 0 radical (unpaired) electrons. The lowest BCUT2D eigenvalue weighted by Crippen LogP contribution is -2.54. The Morgan fingerprint density at radius 1 is 0.684 bits per heavy atom. The van der Waals surface area contributed by atoms with Crippen LogP contribution in [0.25, 0.3) is 32.7 Å². The lowest BCUT2D eigenvalue weighted by molar-refractivity contribution is 0.195. The summed E-state index contributed by atoms with van der Waals surface area (Å²) in [5, 5.41) is 5.27. The number of nitrogens with zero attached hydrogens (tertiary/aromatic N) is 2. The van der Waals surface area contributed by atoms with E-state index in [1.165, 1.54) is 81.0 Å². The SMILES string of the molecule is CN(C)c1ccc(N2c3ccc(-c4c5ccccc5cc5ccccc45)cc3C3(C)CCCCC23C)cc1. The summed E-state index contributed by atoms with van der Waals surface area (Å²) in [7, 11) is 4.22. The quantitative estimate of drug-likeness (QED) is 0.230. The maximum Gasteiger partial charge on any atom is 0.0517 e. The van der Waals surface area contributed by atoms with Gasteiger partial charge in [0.15, 0.2) is 0 Å². The van der Waals surface area contributed by atoms with Gasteiger partial charge in [-0.05, 0) is 100 Å². The Labute approximate surface area is 226 Å². The monoisotopic (exact) mass is 496 g/mol. The Morgan fingerprint density at radius 3 is 1.97 bits per heavy atom. The average molecular weight is 497 g/mol. The van der Waals surface area contributed by atoms with Gasteiger partial charge in [-0.25, -0.2) is 0 Å². The Kier molecular flexibility index (Phi) is 5.14. The van der Waals surface area contributed by atoms with Crippen LogP contribution in [0.2, 0.25) is 0 Å². The third-order valence-electron chi connectivity index (χ3n) is 9.79. The summed E-state index contributed by atoms with van der Waals surface area (Å²) in [6.45, 7) is 5.04. The molecule has 1 fully saturated rings. The zero-order chi connectivity index (χ0) is 26.1. The standard InChI is InChI=1S/C36H36N2/c1-35-21-9-10-22-36(35,2)38(29-18-16-28(17-19-29)37(3)4)33-20-15-27(24-32(33)35)34-30-13-7-5-11-25(30)23-26-12-6-8-14-31(26)34/h5-8,11-20,23-24H,9-10,21-22H2,1-4H3. The predicted octanol–water partition coefficient (Wildman–Crippen LogP) is 9.47. The minimum Gasteiger partial charge on any atom is -0.378 e. The second kappa shape index (κ2) is 8.36. The molecule has 190 valence electrons. The molecule has 0 amide bonds. The molecule has 0 spiro atoms. The summed E-state index contributed by atoms with van der Waals surface area (Å²) in [5.41, 5.74) is 8.25. The first-order chi connectivity index (χ1) is 18.4. The van der Waals surface area contributed by atoms with Gasteiger partial charge in [0, 0.05) is 36.6 Å². The van der Waals surface area contributed by atoms with Crippen molar-refractivity contribution >= 4 is 38.6 Å². The van der Waals surface area contributed by atoms with E-state index in [1.54, 1.807) is 0 Å². The van der Waals surface area contributed by atoms with E-state index in [9.17, 15) is 0 Å². The fourth-order valence-electron chi connectivity index (χ4n) is 7.52. The number of hydrogen-bond donors (Lipinski definition) is 0. The van der Waals surface area contributed by atoms with Gasteiger partial charge < -0.3 is 9.80 Å². The fraction of sp³-hybridized carbons (Fsp3) is 0.278. The van der Waals surface area contributed by atoms with Crippen LogP contribution in [-0.4, -0.2) is 19.6 Å². The molecule has 2 unspecified atom stereocenters. The van der Waals surface area contributed by atoms with Gasteiger partial charge in [-0.3, -0.25) is 0 Å². The summed E-state index contributed by atoms with van der Waals surface area (Å²) >= 11 is 0. The third-order valence-corrected chi connectivity index (χ3v) is 9.79. The van der Waals surface area contributed by atoms with E-state index in [1.807, 2.05) is 0 Å². The number of fused-ring (bicyclic) bond motifs is 5. The van der Waals surface area contributed by atoms with E-state index < -0.39 is 0 Å². The number of benzene rings is 5. The van der Waals surface area contributed by atoms with Crippen molar-refractivity contribution in [1.82, 2.24) is 0 Å². The van der Waals surface area contributed by atoms with Gasteiger partial charge in [-0.2, -0.15) is 0 Å². The van der Waals surface area contributed by atoms with Crippen LogP contribution in [0.1, 0.15) is 45.1 Å². The van der Waals surface area contributed by atoms with Crippen LogP contribution in [0.3, 0.4) is 0 Å². The Bertz CT molecular complexity index is 1630. The highest BCUT2D eigenvalue weighted by Crippen LogP contribution is 2.61. The van der Waals surface area contributed by atoms with E-state index in [0.717, 1.165) is 0 Å². The molecule has 2 aliphatic rings. The first-order valence-corrected chi connectivity index (χ1v) is 14.0. The normalized spacial score (nSPS) is 22.5. The van der Waals surface area contributed by atoms with E-state index in [4.69, 9.17) is 0 Å². The van der Waals surface area contributed by atoms with Crippen molar-refractivity contribution in [3.05, 3.63) is 103 Å². The predicted molar refractivity (Wildman–Crippen MR) is 164 cm³/mol. The zero-order valence-electron chi connectivity index (χ0n) is 23.0. The second-order valence-electron chi connectivity index (χ2n) is 12.0. The first-order valence-electron chi connectivity index (χ1n) is 14.0. The molecule has 2 heteroatoms. The molecule has 0 bridgehead atoms. The van der Waals surface area contributed by atoms with Crippen LogP contribution in [0.5, 0.6) is 0 Å². The lowest BCUT2D eigenvalue weighted by Gasteiger charge is -2.50. The molecule has 5 aromatic rings. The highest BCUT2D eigenvalue weighted by atomic mass is 15.3. The molecule has 38 heavy (non-hydrogen) atoms. The highest BCUT2D eigenvalue weighted by Gasteiger charge is 2.57. The van der Waals surface area contributed by atoms with Crippen LogP contribution < -0.4 is 9.80 Å². The Morgan fingerprint density at radius 2 is 1.32 bits per heavy atom. The van der Waals surface area contributed by atoms with Gasteiger partial charge in [0.1, 0.15) is 0 Å². The van der Waals surface area contributed by atoms with E-state index in [-0.39, 0.29) is 11.0 Å². The molecule has 1 heterocycles. The van der Waals surface area contributed by atoms with Crippen LogP contribution in [0.4, 0.5) is 17.1 Å². The van der Waals surface area contributed by atoms with Crippen molar-refractivity contribution in [1.29, 1.82) is 0 Å². The summed E-state index contributed by atoms with van der Waals surface area (Å²) in [4.78, 5) is 4.85. The molecule has 5 aromatic carbocycles. The van der Waals surface area contributed by atoms with Crippen molar-refractivity contribution in [2.45, 2.75) is 50.5 Å². The molecule has 1 saturated carbocycles. The minimum absolute atomic E-state index is 0.0483. The molecule has 1 aliphatic heterocycles. The van der Waals surface area contributed by atoms with Gasteiger partial charge in [0.05, 0.1) is 5.54 Å². The van der Waals surface area contributed by atoms with Crippen molar-refractivity contribution in [3.8, 4) is 11.1 Å². The minimum atomic E-state index is 0.0483. The molecule has 2 atom stereocenters. The van der Waals surface area contributed by atoms with Gasteiger partial charge in [0.25, 0.3) is 0 Å². The maximum atomic E-state index is 2.67. The van der Waals surface area contributed by atoms with Gasteiger partial charge in [-0.15, -0.1) is 0 Å². The fourth-order valence-corrected chi connectivity index (χ4v) is 7.52. The second-order valence-corrected chi connectivity index (χ2v) is 12.0. The Hall–Kier alpha value is -3.78. The lowest BCUT2D eigenvalue weighted by atomic mass is 9.61. The molecule has 7 rings (SSSR count). The van der Waals surface area contributed by atoms with Crippen molar-refractivity contribution < 1.29 is 0 Å². The molecule has 0 aromatic heterocycles. The summed E-state index contributed by atoms with van der Waals surface area (Å²) in [6.07, 6.45) is 5.01. The van der Waals surface area contributed by atoms with Crippen molar-refractivity contribution in [2.24, 2.45) is 0 Å². The summed E-state index contributed by atoms with van der Waals surface area (Å²) in [6, 6.07) is 36.5. The van der Waals surface area contributed by atoms with E-state index in [0.29, 0.717) is 0 Å². The van der Waals surface area contributed by atoms with E-state index in [2.05, 4.69) is 135 Å². The topological polar surface area (TPSA) is 6.48 Å². The smallest absolute Gasteiger partial charge is 0.0517 e. The zero-order valence-corrected chi connectivity index (χ0v) is 23.0. The van der Waals surface area contributed by atoms with Gasteiger partial charge >= 0.3 is 0 Å². The number of anilines is 3. The van der Waals surface area contributed by atoms with E-state index >= 15 is 0 Å². The van der Waals surface area contributed by atoms with Crippen LogP contribution in [-0.2, 0) is 5.41 Å². The average Bonchev–Trinajstić information content (AvgIpc) is 3.14. The highest BCUT2D eigenvalue weighted by molar-refractivity contribution is 6.12. The van der Waals surface area contributed by atoms with Crippen molar-refractivity contribution in [2.75, 3.05) is 23.9 Å². The van der Waals surface area contributed by atoms with Crippen LogP contribution in [0, 0.1) is 0 Å². The molecular formula is C36H36N2. The molecular weight excluding hydrogens is 460 g/mol. The molecule has 0 N–H and O–H groups in total. The van der Waals surface area contributed by atoms with Gasteiger partial charge in [-0.1, -0.05) is 74.4 Å². The third kappa shape index (κ3) is 3.19. The largest absolute Gasteiger partial charge is 0.378 e. The maximum absolute atomic E-state index is 2.67. The summed E-state index contributed by atoms with van der Waals surface area (Å²) < 4.78 is 0. The first kappa shape index (κ1) is 23.3. The van der Waals surface area contributed by atoms with Crippen LogP contribution >= 0.6 is 0 Å². The van der Waals surface area contributed by atoms with Crippen LogP contribution in [0.15, 0.2) is 97.1 Å². The number of rotatable bonds is 3. The number of hydrogen-bond acceptors (Lipinski definition) is 2. The molecule has 0 saturated heterocycles. The van der Waals surface area contributed by atoms with Crippen molar-refractivity contribution in [3.63, 3.8) is 0 Å². The summed E-state index contributed by atoms with van der Waals surface area (Å²) in [5.74, 6) is 0. The molecule has 1 aliphatic carbocycles. The Balaban J connectivity index is 1.47. The van der Waals surface area contributed by atoms with Gasteiger partial charge in [0.2, 0.25) is 0 Å². The molecule has 2 nitrogen and oxygen atoms in total.